The molecule has 2 aromatic rings. The van der Waals surface area contributed by atoms with E-state index < -0.39 is 0 Å². The Morgan fingerprint density at radius 1 is 1.25 bits per heavy atom. The Morgan fingerprint density at radius 2 is 2.04 bits per heavy atom. The van der Waals surface area contributed by atoms with E-state index in [-0.39, 0.29) is 6.03 Å². The van der Waals surface area contributed by atoms with Crippen LogP contribution in [0.3, 0.4) is 0 Å². The number of hydrogen-bond acceptors (Lipinski definition) is 3. The average Bonchev–Trinajstić information content (AvgIpc) is 3.30. The number of thiophene rings is 1. The lowest BCUT2D eigenvalue weighted by molar-refractivity contribution is 0.196. The number of amides is 2. The smallest absolute Gasteiger partial charge is 0.317 e. The molecule has 1 aromatic heterocycles. The van der Waals surface area contributed by atoms with Gasteiger partial charge in [-0.2, -0.15) is 0 Å². The largest absolute Gasteiger partial charge is 0.497 e. The van der Waals surface area contributed by atoms with Crippen LogP contribution in [-0.4, -0.2) is 37.2 Å². The molecule has 0 radical (unpaired) electrons. The van der Waals surface area contributed by atoms with Crippen LogP contribution in [0.1, 0.15) is 23.3 Å². The molecule has 2 amide bonds. The van der Waals surface area contributed by atoms with Gasteiger partial charge in [0.25, 0.3) is 0 Å². The van der Waals surface area contributed by atoms with E-state index in [4.69, 9.17) is 4.74 Å². The van der Waals surface area contributed by atoms with E-state index in [2.05, 4.69) is 22.8 Å². The minimum atomic E-state index is 0.0718. The van der Waals surface area contributed by atoms with Crippen LogP contribution in [0.2, 0.25) is 0 Å². The maximum atomic E-state index is 12.5. The van der Waals surface area contributed by atoms with Crippen molar-refractivity contribution in [2.24, 2.45) is 0 Å². The molecule has 0 unspecified atom stereocenters. The average molecular weight is 344 g/mol. The van der Waals surface area contributed by atoms with Crippen LogP contribution < -0.4 is 10.1 Å². The maximum absolute atomic E-state index is 12.5. The van der Waals surface area contributed by atoms with Gasteiger partial charge in [0.1, 0.15) is 5.75 Å². The highest BCUT2D eigenvalue weighted by atomic mass is 32.1. The fourth-order valence-corrected chi connectivity index (χ4v) is 3.43. The SMILES string of the molecule is COc1ccc(CCNC(=O)N(CCc2cccs2)C2CC2)cc1. The molecule has 5 heteroatoms. The number of nitrogens with one attached hydrogen (secondary N) is 1. The van der Waals surface area contributed by atoms with Gasteiger partial charge in [0.05, 0.1) is 7.11 Å². The fourth-order valence-electron chi connectivity index (χ4n) is 2.73. The van der Waals surface area contributed by atoms with E-state index >= 15 is 0 Å². The van der Waals surface area contributed by atoms with Crippen molar-refractivity contribution in [2.75, 3.05) is 20.2 Å². The highest BCUT2D eigenvalue weighted by Crippen LogP contribution is 2.27. The van der Waals surface area contributed by atoms with E-state index in [1.165, 1.54) is 10.4 Å². The van der Waals surface area contributed by atoms with Crippen molar-refractivity contribution >= 4 is 17.4 Å². The molecule has 1 aliphatic carbocycles. The molecule has 128 valence electrons. The molecule has 1 saturated carbocycles. The van der Waals surface area contributed by atoms with Gasteiger partial charge in [-0.15, -0.1) is 11.3 Å². The van der Waals surface area contributed by atoms with Crippen molar-refractivity contribution in [1.29, 1.82) is 0 Å². The molecule has 0 bridgehead atoms. The summed E-state index contributed by atoms with van der Waals surface area (Å²) in [6.07, 6.45) is 4.05. The van der Waals surface area contributed by atoms with Gasteiger partial charge in [0.2, 0.25) is 0 Å². The molecular formula is C19H24N2O2S. The molecule has 0 spiro atoms. The first kappa shape index (κ1) is 16.8. The molecule has 1 heterocycles. The van der Waals surface area contributed by atoms with Crippen molar-refractivity contribution in [3.8, 4) is 5.75 Å². The molecule has 24 heavy (non-hydrogen) atoms. The molecule has 4 nitrogen and oxygen atoms in total. The first-order chi connectivity index (χ1) is 11.8. The second-order valence-corrected chi connectivity index (χ2v) is 7.12. The molecule has 1 N–H and O–H groups in total. The van der Waals surface area contributed by atoms with Crippen LogP contribution >= 0.6 is 11.3 Å². The van der Waals surface area contributed by atoms with Crippen LogP contribution in [0.25, 0.3) is 0 Å². The van der Waals surface area contributed by atoms with E-state index in [0.29, 0.717) is 12.6 Å². The van der Waals surface area contributed by atoms with Gasteiger partial charge in [-0.05, 0) is 54.8 Å². The summed E-state index contributed by atoms with van der Waals surface area (Å²) in [5.74, 6) is 0.858. The van der Waals surface area contributed by atoms with Crippen LogP contribution in [0, 0.1) is 0 Å². The van der Waals surface area contributed by atoms with Gasteiger partial charge in [-0.3, -0.25) is 0 Å². The van der Waals surface area contributed by atoms with Crippen molar-refractivity contribution in [1.82, 2.24) is 10.2 Å². The molecule has 1 aromatic carbocycles. The normalized spacial score (nSPS) is 13.5. The predicted molar refractivity (Wildman–Crippen MR) is 97.8 cm³/mol. The molecule has 3 rings (SSSR count). The zero-order valence-corrected chi connectivity index (χ0v) is 14.8. The summed E-state index contributed by atoms with van der Waals surface area (Å²) < 4.78 is 5.16. The summed E-state index contributed by atoms with van der Waals surface area (Å²) in [4.78, 5) is 15.8. The van der Waals surface area contributed by atoms with Crippen molar-refractivity contribution in [3.05, 3.63) is 52.2 Å². The zero-order chi connectivity index (χ0) is 16.8. The zero-order valence-electron chi connectivity index (χ0n) is 14.0. The van der Waals surface area contributed by atoms with Gasteiger partial charge < -0.3 is 15.0 Å². The standard InChI is InChI=1S/C19H24N2O2S/c1-23-17-8-4-15(5-9-17)10-12-20-19(22)21(16-6-7-16)13-11-18-3-2-14-24-18/h2-5,8-9,14,16H,6-7,10-13H2,1H3,(H,20,22). The van der Waals surface area contributed by atoms with Crippen LogP contribution in [0.5, 0.6) is 5.75 Å². The number of nitrogens with zero attached hydrogens (tertiary/aromatic N) is 1. The minimum Gasteiger partial charge on any atom is -0.497 e. The highest BCUT2D eigenvalue weighted by molar-refractivity contribution is 7.09. The summed E-state index contributed by atoms with van der Waals surface area (Å²) in [7, 11) is 1.66. The van der Waals surface area contributed by atoms with E-state index in [0.717, 1.165) is 38.0 Å². The Labute approximate surface area is 147 Å². The molecule has 1 fully saturated rings. The number of rotatable bonds is 8. The second kappa shape index (κ2) is 8.20. The number of ether oxygens (including phenoxy) is 1. The fraction of sp³-hybridized carbons (Fsp3) is 0.421. The summed E-state index contributed by atoms with van der Waals surface area (Å²) in [6, 6.07) is 12.7. The third-order valence-electron chi connectivity index (χ3n) is 4.28. The first-order valence-electron chi connectivity index (χ1n) is 8.46. The monoisotopic (exact) mass is 344 g/mol. The molecular weight excluding hydrogens is 320 g/mol. The number of carbonyl (C=O) groups is 1. The van der Waals surface area contributed by atoms with Crippen LogP contribution in [0.15, 0.2) is 41.8 Å². The Balaban J connectivity index is 1.44. The number of benzene rings is 1. The van der Waals surface area contributed by atoms with Crippen LogP contribution in [-0.2, 0) is 12.8 Å². The number of carbonyl (C=O) groups excluding carboxylic acids is 1. The third kappa shape index (κ3) is 4.74. The van der Waals surface area contributed by atoms with Gasteiger partial charge in [-0.1, -0.05) is 18.2 Å². The topological polar surface area (TPSA) is 41.6 Å². The Bertz CT molecular complexity index is 636. The number of hydrogen-bond donors (Lipinski definition) is 1. The molecule has 1 aliphatic rings. The Morgan fingerprint density at radius 3 is 2.67 bits per heavy atom. The molecule has 0 saturated heterocycles. The third-order valence-corrected chi connectivity index (χ3v) is 5.21. The molecule has 0 aliphatic heterocycles. The predicted octanol–water partition coefficient (Wildman–Crippen LogP) is 3.72. The lowest BCUT2D eigenvalue weighted by atomic mass is 10.1. The van der Waals surface area contributed by atoms with Gasteiger partial charge in [0, 0.05) is 24.0 Å². The Hall–Kier alpha value is -2.01. The van der Waals surface area contributed by atoms with Gasteiger partial charge >= 0.3 is 6.03 Å². The Kier molecular flexibility index (Phi) is 5.75. The summed E-state index contributed by atoms with van der Waals surface area (Å²) in [5, 5.41) is 5.16. The van der Waals surface area contributed by atoms with E-state index in [9.17, 15) is 4.79 Å². The van der Waals surface area contributed by atoms with Gasteiger partial charge in [-0.25, -0.2) is 4.79 Å². The highest BCUT2D eigenvalue weighted by Gasteiger charge is 2.32. The van der Waals surface area contributed by atoms with Crippen molar-refractivity contribution in [2.45, 2.75) is 31.7 Å². The van der Waals surface area contributed by atoms with Crippen molar-refractivity contribution < 1.29 is 9.53 Å². The quantitative estimate of drug-likeness (QED) is 0.793. The number of urea groups is 1. The number of methoxy groups -OCH3 is 1. The summed E-state index contributed by atoms with van der Waals surface area (Å²) in [6.45, 7) is 1.47. The second-order valence-electron chi connectivity index (χ2n) is 6.08. The van der Waals surface area contributed by atoms with E-state index in [1.807, 2.05) is 29.2 Å². The lowest BCUT2D eigenvalue weighted by Crippen LogP contribution is -2.43. The first-order valence-corrected chi connectivity index (χ1v) is 9.34. The minimum absolute atomic E-state index is 0.0718. The lowest BCUT2D eigenvalue weighted by Gasteiger charge is -2.22. The summed E-state index contributed by atoms with van der Waals surface area (Å²) in [5.41, 5.74) is 1.20. The molecule has 0 atom stereocenters. The maximum Gasteiger partial charge on any atom is 0.317 e. The van der Waals surface area contributed by atoms with Gasteiger partial charge in [0.15, 0.2) is 0 Å². The summed E-state index contributed by atoms with van der Waals surface area (Å²) >= 11 is 1.76. The van der Waals surface area contributed by atoms with E-state index in [1.54, 1.807) is 18.4 Å². The van der Waals surface area contributed by atoms with Crippen molar-refractivity contribution in [3.63, 3.8) is 0 Å². The van der Waals surface area contributed by atoms with Crippen LogP contribution in [0.4, 0.5) is 4.79 Å².